The molecule has 36 heavy (non-hydrogen) atoms. The highest BCUT2D eigenvalue weighted by atomic mass is 32.1. The van der Waals surface area contributed by atoms with Gasteiger partial charge in [0.05, 0.1) is 36.1 Å². The number of fused-ring (bicyclic) bond motifs is 2. The van der Waals surface area contributed by atoms with Gasteiger partial charge >= 0.3 is 5.97 Å². The molecule has 1 aliphatic carbocycles. The summed E-state index contributed by atoms with van der Waals surface area (Å²) in [6.07, 6.45) is 5.00. The third-order valence-electron chi connectivity index (χ3n) is 6.45. The highest BCUT2D eigenvalue weighted by Crippen LogP contribution is 2.38. The number of methoxy groups -OCH3 is 1. The number of rotatable bonds is 6. The molecule has 2 aromatic heterocycles. The fourth-order valence-electron chi connectivity index (χ4n) is 4.71. The van der Waals surface area contributed by atoms with Crippen LogP contribution in [0.25, 0.3) is 22.2 Å². The van der Waals surface area contributed by atoms with Crippen LogP contribution < -0.4 is 10.1 Å². The topological polar surface area (TPSA) is 77.5 Å². The number of nitrogens with zero attached hydrogens (tertiary/aromatic N) is 1. The molecule has 5 rings (SSSR count). The lowest BCUT2D eigenvalue weighted by Gasteiger charge is -2.12. The summed E-state index contributed by atoms with van der Waals surface area (Å²) in [7, 11) is 1.62. The minimum absolute atomic E-state index is 0.278. The van der Waals surface area contributed by atoms with Gasteiger partial charge in [-0.3, -0.25) is 4.79 Å². The first-order valence-electron chi connectivity index (χ1n) is 12.3. The molecule has 0 fully saturated rings. The van der Waals surface area contributed by atoms with Gasteiger partial charge in [0.2, 0.25) is 0 Å². The van der Waals surface area contributed by atoms with Crippen LogP contribution in [0.4, 0.5) is 5.00 Å². The molecule has 0 spiro atoms. The lowest BCUT2D eigenvalue weighted by molar-refractivity contribution is 0.0527. The van der Waals surface area contributed by atoms with E-state index in [4.69, 9.17) is 14.5 Å². The van der Waals surface area contributed by atoms with Crippen molar-refractivity contribution in [3.63, 3.8) is 0 Å². The van der Waals surface area contributed by atoms with Crippen molar-refractivity contribution in [3.8, 4) is 17.0 Å². The van der Waals surface area contributed by atoms with Crippen LogP contribution in [0.1, 0.15) is 57.3 Å². The second kappa shape index (κ2) is 10.5. The van der Waals surface area contributed by atoms with Gasteiger partial charge in [-0.15, -0.1) is 11.3 Å². The van der Waals surface area contributed by atoms with Gasteiger partial charge in [0.25, 0.3) is 5.91 Å². The summed E-state index contributed by atoms with van der Waals surface area (Å²) >= 11 is 1.50. The molecule has 2 heterocycles. The zero-order chi connectivity index (χ0) is 25.1. The molecule has 1 aliphatic rings. The van der Waals surface area contributed by atoms with E-state index in [1.807, 2.05) is 48.5 Å². The van der Waals surface area contributed by atoms with E-state index in [0.29, 0.717) is 27.6 Å². The Morgan fingerprint density at radius 1 is 1.03 bits per heavy atom. The number of para-hydroxylation sites is 1. The Kier molecular flexibility index (Phi) is 7.00. The third-order valence-corrected chi connectivity index (χ3v) is 7.66. The number of carbonyl (C=O) groups excluding carboxylic acids is 2. The number of thiophene rings is 1. The van der Waals surface area contributed by atoms with Crippen molar-refractivity contribution in [2.45, 2.75) is 39.0 Å². The van der Waals surface area contributed by atoms with Gasteiger partial charge in [0.15, 0.2) is 0 Å². The molecule has 6 nitrogen and oxygen atoms in total. The van der Waals surface area contributed by atoms with Crippen LogP contribution in [-0.2, 0) is 17.6 Å². The summed E-state index contributed by atoms with van der Waals surface area (Å²) in [5.74, 6) is 0.0659. The van der Waals surface area contributed by atoms with E-state index in [0.717, 1.165) is 54.1 Å². The summed E-state index contributed by atoms with van der Waals surface area (Å²) in [6.45, 7) is 2.08. The maximum atomic E-state index is 13.7. The molecule has 7 heteroatoms. The van der Waals surface area contributed by atoms with Gasteiger partial charge in [-0.1, -0.05) is 36.8 Å². The number of anilines is 1. The monoisotopic (exact) mass is 500 g/mol. The second-order valence-corrected chi connectivity index (χ2v) is 9.85. The summed E-state index contributed by atoms with van der Waals surface area (Å²) < 4.78 is 10.8. The van der Waals surface area contributed by atoms with Crippen LogP contribution in [0, 0.1) is 0 Å². The second-order valence-electron chi connectivity index (χ2n) is 8.75. The van der Waals surface area contributed by atoms with E-state index in [1.165, 1.54) is 16.2 Å². The molecule has 1 amide bonds. The lowest BCUT2D eigenvalue weighted by atomic mass is 10.0. The van der Waals surface area contributed by atoms with Crippen LogP contribution in [-0.4, -0.2) is 30.6 Å². The Morgan fingerprint density at radius 3 is 2.69 bits per heavy atom. The molecule has 1 N–H and O–H groups in total. The number of hydrogen-bond donors (Lipinski definition) is 1. The lowest BCUT2D eigenvalue weighted by Crippen LogP contribution is -2.16. The number of nitrogens with one attached hydrogen (secondary N) is 1. The molecule has 0 unspecified atom stereocenters. The van der Waals surface area contributed by atoms with Crippen molar-refractivity contribution in [3.05, 3.63) is 76.2 Å². The Morgan fingerprint density at radius 2 is 1.86 bits per heavy atom. The van der Waals surface area contributed by atoms with Crippen molar-refractivity contribution in [2.75, 3.05) is 19.0 Å². The Balaban J connectivity index is 1.58. The van der Waals surface area contributed by atoms with Crippen molar-refractivity contribution in [1.29, 1.82) is 0 Å². The molecular weight excluding hydrogens is 472 g/mol. The fourth-order valence-corrected chi connectivity index (χ4v) is 5.99. The number of aryl methyl sites for hydroxylation is 1. The zero-order valence-corrected chi connectivity index (χ0v) is 21.2. The van der Waals surface area contributed by atoms with Crippen LogP contribution >= 0.6 is 11.3 Å². The smallest absolute Gasteiger partial charge is 0.341 e. The summed E-state index contributed by atoms with van der Waals surface area (Å²) in [4.78, 5) is 32.7. The van der Waals surface area contributed by atoms with E-state index < -0.39 is 0 Å². The van der Waals surface area contributed by atoms with Gasteiger partial charge in [-0.25, -0.2) is 9.78 Å². The molecular formula is C29H28N2O4S. The molecule has 0 atom stereocenters. The van der Waals surface area contributed by atoms with Gasteiger partial charge < -0.3 is 14.8 Å². The number of aromatic nitrogens is 1. The van der Waals surface area contributed by atoms with Crippen LogP contribution in [0.15, 0.2) is 54.6 Å². The van der Waals surface area contributed by atoms with Gasteiger partial charge in [-0.2, -0.15) is 0 Å². The highest BCUT2D eigenvalue weighted by molar-refractivity contribution is 7.17. The maximum Gasteiger partial charge on any atom is 0.341 e. The Hall–Kier alpha value is -3.71. The first kappa shape index (κ1) is 24.0. The zero-order valence-electron chi connectivity index (χ0n) is 20.4. The number of esters is 1. The van der Waals surface area contributed by atoms with E-state index in [1.54, 1.807) is 20.1 Å². The van der Waals surface area contributed by atoms with Crippen molar-refractivity contribution in [1.82, 2.24) is 4.98 Å². The minimum Gasteiger partial charge on any atom is -0.497 e. The predicted octanol–water partition coefficient (Wildman–Crippen LogP) is 6.67. The van der Waals surface area contributed by atoms with Crippen molar-refractivity contribution in [2.24, 2.45) is 0 Å². The molecule has 2 aromatic carbocycles. The van der Waals surface area contributed by atoms with Crippen molar-refractivity contribution >= 4 is 39.1 Å². The number of amides is 1. The average Bonchev–Trinajstić information content (AvgIpc) is 3.07. The molecule has 0 saturated heterocycles. The number of pyridine rings is 1. The predicted molar refractivity (Wildman–Crippen MR) is 143 cm³/mol. The molecule has 0 aliphatic heterocycles. The number of carbonyl (C=O) groups is 2. The quantitative estimate of drug-likeness (QED) is 0.236. The van der Waals surface area contributed by atoms with Crippen molar-refractivity contribution < 1.29 is 19.1 Å². The van der Waals surface area contributed by atoms with E-state index in [2.05, 4.69) is 5.32 Å². The first-order chi connectivity index (χ1) is 17.6. The van der Waals surface area contributed by atoms with Gasteiger partial charge in [0.1, 0.15) is 10.8 Å². The molecule has 0 bridgehead atoms. The number of benzene rings is 2. The standard InChI is InChI=1S/C29H28N2O4S/c1-3-35-29(33)26-21-13-5-4-6-15-25(21)36-28(26)31-27(32)22-17-24(18-10-9-11-19(16-18)34-2)30-23-14-8-7-12-20(22)23/h7-12,14,16-17H,3-6,13,15H2,1-2H3,(H,31,32). The Bertz CT molecular complexity index is 1440. The van der Waals surface area contributed by atoms with Crippen LogP contribution in [0.5, 0.6) is 5.75 Å². The van der Waals surface area contributed by atoms with E-state index >= 15 is 0 Å². The van der Waals surface area contributed by atoms with Crippen LogP contribution in [0.3, 0.4) is 0 Å². The molecule has 0 saturated carbocycles. The minimum atomic E-state index is -0.371. The molecule has 184 valence electrons. The molecule has 0 radical (unpaired) electrons. The summed E-state index contributed by atoms with van der Waals surface area (Å²) in [6, 6.07) is 17.0. The normalized spacial score (nSPS) is 13.1. The van der Waals surface area contributed by atoms with Gasteiger partial charge in [-0.05, 0) is 62.4 Å². The first-order valence-corrected chi connectivity index (χ1v) is 13.1. The third kappa shape index (κ3) is 4.71. The summed E-state index contributed by atoms with van der Waals surface area (Å²) in [5, 5.41) is 4.38. The maximum absolute atomic E-state index is 13.7. The largest absolute Gasteiger partial charge is 0.497 e. The fraction of sp³-hybridized carbons (Fsp3) is 0.276. The Labute approximate surface area is 214 Å². The van der Waals surface area contributed by atoms with Gasteiger partial charge in [0, 0.05) is 15.8 Å². The number of hydrogen-bond acceptors (Lipinski definition) is 6. The highest BCUT2D eigenvalue weighted by Gasteiger charge is 2.27. The number of ether oxygens (including phenoxy) is 2. The van der Waals surface area contributed by atoms with Crippen LogP contribution in [0.2, 0.25) is 0 Å². The van der Waals surface area contributed by atoms with E-state index in [9.17, 15) is 9.59 Å². The van der Waals surface area contributed by atoms with E-state index in [-0.39, 0.29) is 18.5 Å². The summed E-state index contributed by atoms with van der Waals surface area (Å²) in [5.41, 5.74) is 4.28. The average molecular weight is 501 g/mol. The molecule has 4 aromatic rings. The SMILES string of the molecule is CCOC(=O)c1c(NC(=O)c2cc(-c3cccc(OC)c3)nc3ccccc23)sc2c1CCCCC2.